The normalized spacial score (nSPS) is 13.1. The largest absolute Gasteiger partial charge is 0.467 e. The van der Waals surface area contributed by atoms with Crippen LogP contribution in [0.15, 0.2) is 54.9 Å². The molecule has 1 amide bonds. The molecule has 0 bridgehead atoms. The van der Waals surface area contributed by atoms with Crippen LogP contribution in [0.2, 0.25) is 0 Å². The lowest BCUT2D eigenvalue weighted by molar-refractivity contribution is -0.141. The minimum Gasteiger partial charge on any atom is -0.467 e. The van der Waals surface area contributed by atoms with Gasteiger partial charge in [0.15, 0.2) is 0 Å². The van der Waals surface area contributed by atoms with E-state index in [1.165, 1.54) is 12.7 Å². The van der Waals surface area contributed by atoms with E-state index in [0.29, 0.717) is 25.3 Å². The van der Waals surface area contributed by atoms with Crippen molar-refractivity contribution in [1.82, 2.24) is 20.3 Å². The van der Waals surface area contributed by atoms with Crippen LogP contribution in [0, 0.1) is 0 Å². The fourth-order valence-corrected chi connectivity index (χ4v) is 4.27. The van der Waals surface area contributed by atoms with Crippen LogP contribution in [0.25, 0.3) is 11.1 Å². The summed E-state index contributed by atoms with van der Waals surface area (Å²) in [5, 5.41) is 9.27. The van der Waals surface area contributed by atoms with E-state index < -0.39 is 12.0 Å². The predicted octanol–water partition coefficient (Wildman–Crippen LogP) is 3.77. The number of nitrogens with one attached hydrogen (secondary N) is 3. The first-order chi connectivity index (χ1) is 18.1. The molecule has 194 valence electrons. The number of esters is 1. The molecule has 4 rings (SSSR count). The Labute approximate surface area is 217 Å². The zero-order chi connectivity index (χ0) is 25.9. The quantitative estimate of drug-likeness (QED) is 0.253. The van der Waals surface area contributed by atoms with Gasteiger partial charge in [-0.2, -0.15) is 0 Å². The number of carbonyl (C=O) groups is 2. The van der Waals surface area contributed by atoms with Gasteiger partial charge in [-0.05, 0) is 55.7 Å². The van der Waals surface area contributed by atoms with Crippen LogP contribution in [-0.4, -0.2) is 53.1 Å². The highest BCUT2D eigenvalue weighted by Crippen LogP contribution is 2.20. The molecule has 3 N–H and O–H groups in total. The Kier molecular flexibility index (Phi) is 9.40. The standard InChI is InChI=1S/C28H34N6O3/c1-37-27(36)24(34-28-31-18-22(19-32-28)20-8-3-2-4-9-20)15-17-29-25(35)12-6-5-11-23-14-13-21-10-7-16-30-26(21)33-23/h2-4,8-9,13-14,18-19,24H,5-7,10-12,15-17H2,1H3,(H,29,35)(H,30,33)(H,31,32,34). The SMILES string of the molecule is COC(=O)C(CCNC(=O)CCCCc1ccc2c(n1)NCCC2)Nc1ncc(-c2ccccc2)cn1. The van der Waals surface area contributed by atoms with Gasteiger partial charge in [0.05, 0.1) is 7.11 Å². The van der Waals surface area contributed by atoms with Crippen molar-refractivity contribution in [3.63, 3.8) is 0 Å². The van der Waals surface area contributed by atoms with Gasteiger partial charge < -0.3 is 20.7 Å². The summed E-state index contributed by atoms with van der Waals surface area (Å²) in [5.41, 5.74) is 4.23. The van der Waals surface area contributed by atoms with Crippen molar-refractivity contribution in [2.75, 3.05) is 30.8 Å². The van der Waals surface area contributed by atoms with E-state index in [0.717, 1.165) is 61.3 Å². The Morgan fingerprint density at radius 2 is 1.86 bits per heavy atom. The maximum Gasteiger partial charge on any atom is 0.328 e. The number of rotatable bonds is 12. The molecule has 0 saturated carbocycles. The minimum atomic E-state index is -0.670. The molecule has 0 spiro atoms. The second kappa shape index (κ2) is 13.3. The van der Waals surface area contributed by atoms with Gasteiger partial charge >= 0.3 is 5.97 Å². The van der Waals surface area contributed by atoms with Gasteiger partial charge in [-0.3, -0.25) is 4.79 Å². The van der Waals surface area contributed by atoms with Gasteiger partial charge in [0.2, 0.25) is 11.9 Å². The van der Waals surface area contributed by atoms with Crippen molar-refractivity contribution in [3.05, 3.63) is 66.1 Å². The van der Waals surface area contributed by atoms with Crippen molar-refractivity contribution < 1.29 is 14.3 Å². The molecule has 3 aromatic rings. The summed E-state index contributed by atoms with van der Waals surface area (Å²) in [7, 11) is 1.34. The lowest BCUT2D eigenvalue weighted by atomic mass is 10.1. The molecule has 1 unspecified atom stereocenters. The number of fused-ring (bicyclic) bond motifs is 1. The summed E-state index contributed by atoms with van der Waals surface area (Å²) >= 11 is 0. The Morgan fingerprint density at radius 3 is 2.65 bits per heavy atom. The number of anilines is 2. The first-order valence-electron chi connectivity index (χ1n) is 12.8. The van der Waals surface area contributed by atoms with Crippen LogP contribution in [0.1, 0.15) is 43.4 Å². The molecule has 1 aromatic carbocycles. The number of hydrogen-bond acceptors (Lipinski definition) is 8. The smallest absolute Gasteiger partial charge is 0.328 e. The summed E-state index contributed by atoms with van der Waals surface area (Å²) in [6, 6.07) is 13.4. The van der Waals surface area contributed by atoms with Gasteiger partial charge in [-0.15, -0.1) is 0 Å². The van der Waals surface area contributed by atoms with Crippen molar-refractivity contribution in [2.45, 2.75) is 51.0 Å². The molecular formula is C28H34N6O3. The molecule has 2 aromatic heterocycles. The summed E-state index contributed by atoms with van der Waals surface area (Å²) in [6.45, 7) is 1.31. The van der Waals surface area contributed by atoms with Crippen LogP contribution >= 0.6 is 0 Å². The number of nitrogens with zero attached hydrogens (tertiary/aromatic N) is 3. The molecule has 0 radical (unpaired) electrons. The number of unbranched alkanes of at least 4 members (excludes halogenated alkanes) is 1. The highest BCUT2D eigenvalue weighted by atomic mass is 16.5. The van der Waals surface area contributed by atoms with E-state index in [9.17, 15) is 9.59 Å². The summed E-state index contributed by atoms with van der Waals surface area (Å²) in [6.07, 6.45) is 8.94. The fourth-order valence-electron chi connectivity index (χ4n) is 4.27. The number of benzene rings is 1. The Hall–Kier alpha value is -4.01. The molecule has 1 aliphatic rings. The summed E-state index contributed by atoms with van der Waals surface area (Å²) in [5.74, 6) is 0.865. The molecule has 1 aliphatic heterocycles. The maximum absolute atomic E-state index is 12.3. The van der Waals surface area contributed by atoms with E-state index in [1.54, 1.807) is 12.4 Å². The number of aryl methyl sites for hydroxylation is 2. The van der Waals surface area contributed by atoms with E-state index in [4.69, 9.17) is 9.72 Å². The van der Waals surface area contributed by atoms with Crippen molar-refractivity contribution in [1.29, 1.82) is 0 Å². The van der Waals surface area contributed by atoms with E-state index in [2.05, 4.69) is 38.1 Å². The van der Waals surface area contributed by atoms with Crippen LogP contribution in [0.4, 0.5) is 11.8 Å². The van der Waals surface area contributed by atoms with Gasteiger partial charge in [0.25, 0.3) is 0 Å². The second-order valence-electron chi connectivity index (χ2n) is 9.07. The number of aromatic nitrogens is 3. The molecule has 1 atom stereocenters. The predicted molar refractivity (Wildman–Crippen MR) is 143 cm³/mol. The topological polar surface area (TPSA) is 118 Å². The second-order valence-corrected chi connectivity index (χ2v) is 9.07. The van der Waals surface area contributed by atoms with Gasteiger partial charge in [0.1, 0.15) is 11.9 Å². The number of pyridine rings is 1. The minimum absolute atomic E-state index is 0.0350. The molecule has 37 heavy (non-hydrogen) atoms. The van der Waals surface area contributed by atoms with Crippen LogP contribution < -0.4 is 16.0 Å². The third-order valence-corrected chi connectivity index (χ3v) is 6.34. The van der Waals surface area contributed by atoms with E-state index in [-0.39, 0.29) is 5.91 Å². The lowest BCUT2D eigenvalue weighted by Crippen LogP contribution is -2.36. The zero-order valence-corrected chi connectivity index (χ0v) is 21.2. The Bertz CT molecular complexity index is 1170. The first-order valence-corrected chi connectivity index (χ1v) is 12.8. The van der Waals surface area contributed by atoms with E-state index in [1.807, 2.05) is 30.3 Å². The maximum atomic E-state index is 12.3. The molecular weight excluding hydrogens is 468 g/mol. The van der Waals surface area contributed by atoms with Crippen molar-refractivity contribution in [2.24, 2.45) is 0 Å². The zero-order valence-electron chi connectivity index (χ0n) is 21.2. The highest BCUT2D eigenvalue weighted by Gasteiger charge is 2.20. The average molecular weight is 503 g/mol. The third kappa shape index (κ3) is 7.73. The molecule has 9 nitrogen and oxygen atoms in total. The number of hydrogen-bond donors (Lipinski definition) is 3. The molecule has 0 aliphatic carbocycles. The number of methoxy groups -OCH3 is 1. The van der Waals surface area contributed by atoms with Gasteiger partial charge in [-0.1, -0.05) is 36.4 Å². The first kappa shape index (κ1) is 26.1. The van der Waals surface area contributed by atoms with E-state index >= 15 is 0 Å². The molecule has 0 fully saturated rings. The number of ether oxygens (including phenoxy) is 1. The Balaban J connectivity index is 1.17. The monoisotopic (exact) mass is 502 g/mol. The number of carbonyl (C=O) groups excluding carboxylic acids is 2. The molecule has 0 saturated heterocycles. The lowest BCUT2D eigenvalue weighted by Gasteiger charge is -2.17. The van der Waals surface area contributed by atoms with Gasteiger partial charge in [0, 0.05) is 43.2 Å². The van der Waals surface area contributed by atoms with Crippen LogP contribution in [-0.2, 0) is 27.2 Å². The van der Waals surface area contributed by atoms with Crippen LogP contribution in [0.5, 0.6) is 0 Å². The number of amides is 1. The average Bonchev–Trinajstić information content (AvgIpc) is 2.95. The molecule has 3 heterocycles. The highest BCUT2D eigenvalue weighted by molar-refractivity contribution is 5.79. The third-order valence-electron chi connectivity index (χ3n) is 6.34. The van der Waals surface area contributed by atoms with Crippen LogP contribution in [0.3, 0.4) is 0 Å². The van der Waals surface area contributed by atoms with Gasteiger partial charge in [-0.25, -0.2) is 19.7 Å². The van der Waals surface area contributed by atoms with Crippen molar-refractivity contribution in [3.8, 4) is 11.1 Å². The Morgan fingerprint density at radius 1 is 1.05 bits per heavy atom. The molecule has 9 heteroatoms. The fraction of sp³-hybridized carbons (Fsp3) is 0.393. The summed E-state index contributed by atoms with van der Waals surface area (Å²) < 4.78 is 4.91. The summed E-state index contributed by atoms with van der Waals surface area (Å²) in [4.78, 5) is 37.9. The van der Waals surface area contributed by atoms with Crippen molar-refractivity contribution >= 4 is 23.6 Å².